The molecule has 1 unspecified atom stereocenters. The van der Waals surface area contributed by atoms with Gasteiger partial charge in [-0.3, -0.25) is 4.79 Å². The molecule has 0 spiro atoms. The fourth-order valence-corrected chi connectivity index (χ4v) is 2.54. The second-order valence-corrected chi connectivity index (χ2v) is 5.55. The lowest BCUT2D eigenvalue weighted by molar-refractivity contribution is 0.1000. The molecule has 0 saturated heterocycles. The summed E-state index contributed by atoms with van der Waals surface area (Å²) in [4.78, 5) is 16.2. The second-order valence-electron chi connectivity index (χ2n) is 3.80. The topological polar surface area (TPSA) is 68.0 Å². The van der Waals surface area contributed by atoms with E-state index in [1.807, 2.05) is 19.1 Å². The third kappa shape index (κ3) is 3.00. The molecule has 0 fully saturated rings. The molecule has 18 heavy (non-hydrogen) atoms. The molecule has 3 N–H and O–H groups in total. The number of anilines is 1. The lowest BCUT2D eigenvalue weighted by Gasteiger charge is -2.12. The van der Waals surface area contributed by atoms with Crippen molar-refractivity contribution < 1.29 is 4.79 Å². The van der Waals surface area contributed by atoms with Crippen molar-refractivity contribution in [1.82, 2.24) is 4.98 Å². The number of hydrogen-bond acceptors (Lipinski definition) is 4. The van der Waals surface area contributed by atoms with Crippen molar-refractivity contribution in [3.05, 3.63) is 45.2 Å². The molecule has 0 aromatic carbocycles. The number of nitrogens with two attached hydrogens (primary N) is 1. The molecule has 2 aromatic rings. The minimum atomic E-state index is -0.480. The summed E-state index contributed by atoms with van der Waals surface area (Å²) in [5, 5.41) is 3.23. The average molecular weight is 282 g/mol. The van der Waals surface area contributed by atoms with Crippen molar-refractivity contribution in [3.8, 4) is 0 Å². The Morgan fingerprint density at radius 3 is 2.72 bits per heavy atom. The highest BCUT2D eigenvalue weighted by molar-refractivity contribution is 7.16. The summed E-state index contributed by atoms with van der Waals surface area (Å²) < 4.78 is 0.760. The molecule has 0 aliphatic carbocycles. The summed E-state index contributed by atoms with van der Waals surface area (Å²) in [6, 6.07) is 7.32. The van der Waals surface area contributed by atoms with Crippen LogP contribution in [0.25, 0.3) is 0 Å². The third-order valence-corrected chi connectivity index (χ3v) is 3.85. The highest BCUT2D eigenvalue weighted by atomic mass is 35.5. The molecule has 6 heteroatoms. The van der Waals surface area contributed by atoms with E-state index in [0.29, 0.717) is 11.4 Å². The minimum Gasteiger partial charge on any atom is -0.366 e. The summed E-state index contributed by atoms with van der Waals surface area (Å²) in [5.74, 6) is 0.212. The van der Waals surface area contributed by atoms with Crippen LogP contribution < -0.4 is 11.1 Å². The Hall–Kier alpha value is -1.59. The van der Waals surface area contributed by atoms with Crippen LogP contribution in [0.3, 0.4) is 0 Å². The van der Waals surface area contributed by atoms with E-state index in [2.05, 4.69) is 10.3 Å². The van der Waals surface area contributed by atoms with Crippen molar-refractivity contribution in [2.75, 3.05) is 5.32 Å². The molecule has 0 aliphatic heterocycles. The number of nitrogens with zero attached hydrogens (tertiary/aromatic N) is 1. The number of carbonyl (C=O) groups excluding carboxylic acids is 1. The molecule has 2 heterocycles. The number of pyridine rings is 1. The van der Waals surface area contributed by atoms with E-state index in [9.17, 15) is 4.79 Å². The Bertz CT molecular complexity index is 553. The van der Waals surface area contributed by atoms with E-state index in [0.717, 1.165) is 9.21 Å². The number of primary amides is 1. The van der Waals surface area contributed by atoms with Crippen LogP contribution in [-0.2, 0) is 0 Å². The first-order valence-electron chi connectivity index (χ1n) is 5.34. The number of nitrogens with one attached hydrogen (secondary N) is 1. The molecular formula is C12H12ClN3OS. The van der Waals surface area contributed by atoms with Gasteiger partial charge in [-0.25, -0.2) is 4.98 Å². The quantitative estimate of drug-likeness (QED) is 0.905. The summed E-state index contributed by atoms with van der Waals surface area (Å²) in [6.07, 6.45) is 1.46. The van der Waals surface area contributed by atoms with Gasteiger partial charge in [-0.15, -0.1) is 11.3 Å². The number of amides is 1. The first-order chi connectivity index (χ1) is 8.56. The zero-order valence-electron chi connectivity index (χ0n) is 9.68. The van der Waals surface area contributed by atoms with Gasteiger partial charge >= 0.3 is 0 Å². The van der Waals surface area contributed by atoms with E-state index >= 15 is 0 Å². The number of aromatic nitrogens is 1. The predicted octanol–water partition coefficient (Wildman–Crippen LogP) is 3.07. The molecule has 1 amide bonds. The van der Waals surface area contributed by atoms with Gasteiger partial charge in [-0.1, -0.05) is 11.6 Å². The molecule has 2 aromatic heterocycles. The van der Waals surface area contributed by atoms with Crippen molar-refractivity contribution in [1.29, 1.82) is 0 Å². The van der Waals surface area contributed by atoms with Gasteiger partial charge in [0, 0.05) is 11.1 Å². The van der Waals surface area contributed by atoms with Crippen LogP contribution >= 0.6 is 22.9 Å². The number of halogens is 1. The van der Waals surface area contributed by atoms with Crippen molar-refractivity contribution in [2.24, 2.45) is 5.73 Å². The van der Waals surface area contributed by atoms with Gasteiger partial charge in [-0.2, -0.15) is 0 Å². The number of rotatable bonds is 4. The minimum absolute atomic E-state index is 0.106. The zero-order valence-corrected chi connectivity index (χ0v) is 11.3. The standard InChI is InChI=1S/C12H12ClN3OS/c1-7(9-3-4-10(13)18-9)16-11-5-2-8(6-15-11)12(14)17/h2-7H,1H3,(H2,14,17)(H,15,16). The van der Waals surface area contributed by atoms with Gasteiger partial charge in [0.25, 0.3) is 0 Å². The predicted molar refractivity (Wildman–Crippen MR) is 74.1 cm³/mol. The first kappa shape index (κ1) is 12.9. The van der Waals surface area contributed by atoms with Crippen LogP contribution in [0.15, 0.2) is 30.5 Å². The molecule has 0 aliphatic rings. The lowest BCUT2D eigenvalue weighted by Crippen LogP contribution is -2.12. The third-order valence-electron chi connectivity index (χ3n) is 2.43. The number of carbonyl (C=O) groups is 1. The maximum atomic E-state index is 10.9. The van der Waals surface area contributed by atoms with Crippen LogP contribution in [0.4, 0.5) is 5.82 Å². The summed E-state index contributed by atoms with van der Waals surface area (Å²) in [5.41, 5.74) is 5.54. The van der Waals surface area contributed by atoms with Gasteiger partial charge in [0.1, 0.15) is 5.82 Å². The Balaban J connectivity index is 2.07. The maximum absolute atomic E-state index is 10.9. The van der Waals surface area contributed by atoms with Gasteiger partial charge in [0.15, 0.2) is 0 Å². The Morgan fingerprint density at radius 1 is 1.44 bits per heavy atom. The van der Waals surface area contributed by atoms with E-state index in [-0.39, 0.29) is 6.04 Å². The molecule has 0 saturated carbocycles. The fourth-order valence-electron chi connectivity index (χ4n) is 1.48. The monoisotopic (exact) mass is 281 g/mol. The molecular weight excluding hydrogens is 270 g/mol. The SMILES string of the molecule is CC(Nc1ccc(C(N)=O)cn1)c1ccc(Cl)s1. The molecule has 4 nitrogen and oxygen atoms in total. The van der Waals surface area contributed by atoms with E-state index in [4.69, 9.17) is 17.3 Å². The average Bonchev–Trinajstić information content (AvgIpc) is 2.76. The van der Waals surface area contributed by atoms with Crippen LogP contribution in [0.2, 0.25) is 4.34 Å². The molecule has 1 atom stereocenters. The summed E-state index contributed by atoms with van der Waals surface area (Å²) >= 11 is 7.41. The van der Waals surface area contributed by atoms with E-state index in [1.165, 1.54) is 17.5 Å². The fraction of sp³-hybridized carbons (Fsp3) is 0.167. The Kier molecular flexibility index (Phi) is 3.84. The first-order valence-corrected chi connectivity index (χ1v) is 6.53. The molecule has 94 valence electrons. The molecule has 2 rings (SSSR count). The second kappa shape index (κ2) is 5.37. The van der Waals surface area contributed by atoms with Crippen molar-refractivity contribution in [2.45, 2.75) is 13.0 Å². The highest BCUT2D eigenvalue weighted by Crippen LogP contribution is 2.28. The van der Waals surface area contributed by atoms with Crippen LogP contribution in [0, 0.1) is 0 Å². The maximum Gasteiger partial charge on any atom is 0.250 e. The molecule has 0 radical (unpaired) electrons. The Labute approximate surface area is 114 Å². The van der Waals surface area contributed by atoms with Gasteiger partial charge in [-0.05, 0) is 31.2 Å². The Morgan fingerprint density at radius 2 is 2.22 bits per heavy atom. The van der Waals surface area contributed by atoms with Crippen LogP contribution in [0.5, 0.6) is 0 Å². The van der Waals surface area contributed by atoms with E-state index in [1.54, 1.807) is 12.1 Å². The highest BCUT2D eigenvalue weighted by Gasteiger charge is 2.09. The summed E-state index contributed by atoms with van der Waals surface area (Å²) in [6.45, 7) is 2.02. The summed E-state index contributed by atoms with van der Waals surface area (Å²) in [7, 11) is 0. The van der Waals surface area contributed by atoms with Crippen molar-refractivity contribution >= 4 is 34.7 Å². The normalized spacial score (nSPS) is 12.1. The lowest BCUT2D eigenvalue weighted by atomic mass is 10.2. The number of thiophene rings is 1. The van der Waals surface area contributed by atoms with Crippen LogP contribution in [-0.4, -0.2) is 10.9 Å². The van der Waals surface area contributed by atoms with Gasteiger partial charge in [0.05, 0.1) is 15.9 Å². The van der Waals surface area contributed by atoms with Gasteiger partial charge in [0.2, 0.25) is 5.91 Å². The molecule has 0 bridgehead atoms. The smallest absolute Gasteiger partial charge is 0.250 e. The van der Waals surface area contributed by atoms with E-state index < -0.39 is 5.91 Å². The van der Waals surface area contributed by atoms with Crippen molar-refractivity contribution in [3.63, 3.8) is 0 Å². The largest absolute Gasteiger partial charge is 0.366 e. The van der Waals surface area contributed by atoms with Crippen LogP contribution in [0.1, 0.15) is 28.2 Å². The van der Waals surface area contributed by atoms with Gasteiger partial charge < -0.3 is 11.1 Å². The zero-order chi connectivity index (χ0) is 13.1. The number of hydrogen-bond donors (Lipinski definition) is 2.